The largest absolute Gasteiger partial charge is 0.398 e. The Labute approximate surface area is 80.0 Å². The number of fused-ring (bicyclic) bond motifs is 1. The lowest BCUT2D eigenvalue weighted by Gasteiger charge is -1.98. The van der Waals surface area contributed by atoms with Crippen molar-refractivity contribution in [2.75, 3.05) is 5.73 Å². The van der Waals surface area contributed by atoms with Crippen molar-refractivity contribution in [1.29, 1.82) is 0 Å². The molecule has 0 spiro atoms. The fourth-order valence-corrected chi connectivity index (χ4v) is 2.35. The van der Waals surface area contributed by atoms with E-state index in [4.69, 9.17) is 5.73 Å². The Morgan fingerprint density at radius 2 is 2.23 bits per heavy atom. The summed E-state index contributed by atoms with van der Waals surface area (Å²) in [7, 11) is 0. The molecule has 1 heterocycles. The maximum atomic E-state index is 10.7. The average Bonchev–Trinajstić information content (AvgIpc) is 2.47. The Balaban J connectivity index is 2.89. The van der Waals surface area contributed by atoms with E-state index < -0.39 is 0 Å². The van der Waals surface area contributed by atoms with Crippen molar-refractivity contribution in [2.24, 2.45) is 0 Å². The number of hydrogen-bond donors (Lipinski definition) is 1. The van der Waals surface area contributed by atoms with Crippen LogP contribution < -0.4 is 5.73 Å². The molecule has 1 aromatic heterocycles. The third kappa shape index (κ3) is 1.21. The molecule has 2 nitrogen and oxygen atoms in total. The minimum Gasteiger partial charge on any atom is -0.398 e. The van der Waals surface area contributed by atoms with Crippen LogP contribution in [0.2, 0.25) is 0 Å². The van der Waals surface area contributed by atoms with Gasteiger partial charge in [-0.3, -0.25) is 4.79 Å². The van der Waals surface area contributed by atoms with E-state index in [0.29, 0.717) is 0 Å². The molecule has 0 radical (unpaired) electrons. The SMILES string of the molecule is Cc1cc(N)c2scc(C=O)c2c1. The normalized spacial score (nSPS) is 10.5. The molecule has 0 aliphatic heterocycles. The number of thiophene rings is 1. The molecule has 0 saturated carbocycles. The molecular weight excluding hydrogens is 182 g/mol. The summed E-state index contributed by atoms with van der Waals surface area (Å²) in [5, 5.41) is 2.81. The first-order valence-electron chi connectivity index (χ1n) is 3.95. The molecule has 2 rings (SSSR count). The highest BCUT2D eigenvalue weighted by molar-refractivity contribution is 7.18. The Hall–Kier alpha value is -1.35. The molecule has 0 fully saturated rings. The van der Waals surface area contributed by atoms with Gasteiger partial charge in [0, 0.05) is 22.0 Å². The Bertz CT molecular complexity index is 473. The minimum absolute atomic E-state index is 0.732. The van der Waals surface area contributed by atoms with Gasteiger partial charge in [0.2, 0.25) is 0 Å². The van der Waals surface area contributed by atoms with Gasteiger partial charge in [0.1, 0.15) is 0 Å². The summed E-state index contributed by atoms with van der Waals surface area (Å²) in [6, 6.07) is 3.92. The molecule has 0 atom stereocenters. The van der Waals surface area contributed by atoms with Gasteiger partial charge in [-0.2, -0.15) is 0 Å². The predicted molar refractivity (Wildman–Crippen MR) is 56.4 cm³/mol. The third-order valence-corrected chi connectivity index (χ3v) is 3.07. The quantitative estimate of drug-likeness (QED) is 0.556. The van der Waals surface area contributed by atoms with Crippen LogP contribution in [-0.4, -0.2) is 6.29 Å². The predicted octanol–water partition coefficient (Wildman–Crippen LogP) is 2.60. The van der Waals surface area contributed by atoms with Crippen molar-refractivity contribution < 1.29 is 4.79 Å². The molecule has 0 bridgehead atoms. The van der Waals surface area contributed by atoms with E-state index in [2.05, 4.69) is 0 Å². The maximum Gasteiger partial charge on any atom is 0.151 e. The highest BCUT2D eigenvalue weighted by Crippen LogP contribution is 2.30. The molecule has 0 saturated heterocycles. The van der Waals surface area contributed by atoms with E-state index in [0.717, 1.165) is 33.2 Å². The van der Waals surface area contributed by atoms with Gasteiger partial charge in [-0.1, -0.05) is 0 Å². The Morgan fingerprint density at radius 1 is 1.46 bits per heavy atom. The summed E-state index contributed by atoms with van der Waals surface area (Å²) in [6.45, 7) is 1.97. The highest BCUT2D eigenvalue weighted by Gasteiger charge is 2.05. The van der Waals surface area contributed by atoms with Crippen molar-refractivity contribution in [2.45, 2.75) is 6.92 Å². The molecule has 1 aromatic carbocycles. The van der Waals surface area contributed by atoms with Gasteiger partial charge in [-0.05, 0) is 24.6 Å². The number of carbonyl (C=O) groups excluding carboxylic acids is 1. The minimum atomic E-state index is 0.732. The van der Waals surface area contributed by atoms with Crippen LogP contribution in [0.3, 0.4) is 0 Å². The third-order valence-electron chi connectivity index (χ3n) is 2.00. The van der Waals surface area contributed by atoms with Crippen molar-refractivity contribution in [3.05, 3.63) is 28.6 Å². The second kappa shape index (κ2) is 2.85. The molecule has 13 heavy (non-hydrogen) atoms. The zero-order valence-corrected chi connectivity index (χ0v) is 8.02. The van der Waals surface area contributed by atoms with Crippen molar-refractivity contribution >= 4 is 33.4 Å². The van der Waals surface area contributed by atoms with Gasteiger partial charge >= 0.3 is 0 Å². The monoisotopic (exact) mass is 191 g/mol. The van der Waals surface area contributed by atoms with Gasteiger partial charge in [0.05, 0.1) is 4.70 Å². The fraction of sp³-hybridized carbons (Fsp3) is 0.100. The van der Waals surface area contributed by atoms with Gasteiger partial charge < -0.3 is 5.73 Å². The van der Waals surface area contributed by atoms with Gasteiger partial charge in [-0.25, -0.2) is 0 Å². The van der Waals surface area contributed by atoms with Crippen LogP contribution in [0.15, 0.2) is 17.5 Å². The van der Waals surface area contributed by atoms with Crippen LogP contribution in [0, 0.1) is 6.92 Å². The molecule has 3 heteroatoms. The number of nitrogens with two attached hydrogens (primary N) is 1. The van der Waals surface area contributed by atoms with E-state index in [9.17, 15) is 4.79 Å². The van der Waals surface area contributed by atoms with Gasteiger partial charge in [-0.15, -0.1) is 11.3 Å². The number of aryl methyl sites for hydroxylation is 1. The summed E-state index contributed by atoms with van der Waals surface area (Å²) < 4.78 is 1.01. The number of rotatable bonds is 1. The lowest BCUT2D eigenvalue weighted by atomic mass is 10.1. The first-order chi connectivity index (χ1) is 6.22. The smallest absolute Gasteiger partial charge is 0.151 e. The summed E-state index contributed by atoms with van der Waals surface area (Å²) in [5.41, 5.74) is 8.40. The molecule has 0 unspecified atom stereocenters. The van der Waals surface area contributed by atoms with E-state index in [1.807, 2.05) is 24.4 Å². The van der Waals surface area contributed by atoms with Crippen molar-refractivity contribution in [3.8, 4) is 0 Å². The van der Waals surface area contributed by atoms with Crippen LogP contribution in [-0.2, 0) is 0 Å². The topological polar surface area (TPSA) is 43.1 Å². The van der Waals surface area contributed by atoms with E-state index >= 15 is 0 Å². The van der Waals surface area contributed by atoms with E-state index in [1.165, 1.54) is 11.3 Å². The molecular formula is C10H9NOS. The summed E-state index contributed by atoms with van der Waals surface area (Å²) in [4.78, 5) is 10.7. The first kappa shape index (κ1) is 8.26. The second-order valence-electron chi connectivity index (χ2n) is 3.04. The van der Waals surface area contributed by atoms with Gasteiger partial charge in [0.15, 0.2) is 6.29 Å². The van der Waals surface area contributed by atoms with E-state index in [1.54, 1.807) is 0 Å². The number of hydrogen-bond acceptors (Lipinski definition) is 3. The Kier molecular flexibility index (Phi) is 1.81. The number of nitrogen functional groups attached to an aromatic ring is 1. The summed E-state index contributed by atoms with van der Waals surface area (Å²) in [6.07, 6.45) is 0.873. The second-order valence-corrected chi connectivity index (χ2v) is 3.92. The zero-order valence-electron chi connectivity index (χ0n) is 7.20. The fourth-order valence-electron chi connectivity index (χ4n) is 1.42. The van der Waals surface area contributed by atoms with E-state index in [-0.39, 0.29) is 0 Å². The number of anilines is 1. The lowest BCUT2D eigenvalue weighted by Crippen LogP contribution is -1.86. The maximum absolute atomic E-state index is 10.7. The Morgan fingerprint density at radius 3 is 2.92 bits per heavy atom. The number of aldehydes is 1. The lowest BCUT2D eigenvalue weighted by molar-refractivity contribution is 0.112. The zero-order chi connectivity index (χ0) is 9.42. The molecule has 2 N–H and O–H groups in total. The number of carbonyl (C=O) groups is 1. The molecule has 0 aliphatic rings. The van der Waals surface area contributed by atoms with Crippen LogP contribution in [0.5, 0.6) is 0 Å². The van der Waals surface area contributed by atoms with Gasteiger partial charge in [0.25, 0.3) is 0 Å². The summed E-state index contributed by atoms with van der Waals surface area (Å²) >= 11 is 1.52. The molecule has 66 valence electrons. The average molecular weight is 191 g/mol. The first-order valence-corrected chi connectivity index (χ1v) is 4.83. The highest BCUT2D eigenvalue weighted by atomic mass is 32.1. The van der Waals surface area contributed by atoms with Crippen LogP contribution >= 0.6 is 11.3 Å². The van der Waals surface area contributed by atoms with Crippen molar-refractivity contribution in [1.82, 2.24) is 0 Å². The molecule has 2 aromatic rings. The molecule has 0 aliphatic carbocycles. The van der Waals surface area contributed by atoms with Crippen LogP contribution in [0.1, 0.15) is 15.9 Å². The molecule has 0 amide bonds. The number of benzene rings is 1. The standard InChI is InChI=1S/C10H9NOS/c1-6-2-8-7(4-12)5-13-10(8)9(11)3-6/h2-5H,11H2,1H3. The van der Waals surface area contributed by atoms with Crippen LogP contribution in [0.4, 0.5) is 5.69 Å². The van der Waals surface area contributed by atoms with Crippen LogP contribution in [0.25, 0.3) is 10.1 Å². The van der Waals surface area contributed by atoms with Crippen molar-refractivity contribution in [3.63, 3.8) is 0 Å². The summed E-state index contributed by atoms with van der Waals surface area (Å²) in [5.74, 6) is 0.